The van der Waals surface area contributed by atoms with Gasteiger partial charge in [0.25, 0.3) is 11.8 Å². The third-order valence-electron chi connectivity index (χ3n) is 5.71. The van der Waals surface area contributed by atoms with Gasteiger partial charge in [-0.2, -0.15) is 5.10 Å². The number of anilines is 1. The standard InChI is InChI=1S/C29H34N4O6S/c1-4-38-26-16-12-25(13-17-26)33(40(3,36)37)22(2)29(35)32-31-20-24-10-14-27(15-11-24)39-21-28(34)30-19-18-23-8-6-5-7-9-23/h5-17,20,22H,4,18-19,21H2,1-3H3,(H,30,34)(H,32,35)/b31-20-/t22-/m1/s1. The first kappa shape index (κ1) is 30.2. The molecular weight excluding hydrogens is 532 g/mol. The number of rotatable bonds is 14. The lowest BCUT2D eigenvalue weighted by molar-refractivity contribution is -0.123. The van der Waals surface area contributed by atoms with Crippen molar-refractivity contribution < 1.29 is 27.5 Å². The van der Waals surface area contributed by atoms with Crippen molar-refractivity contribution in [3.63, 3.8) is 0 Å². The van der Waals surface area contributed by atoms with Crippen molar-refractivity contribution in [2.24, 2.45) is 5.10 Å². The van der Waals surface area contributed by atoms with Gasteiger partial charge in [0.15, 0.2) is 6.61 Å². The summed E-state index contributed by atoms with van der Waals surface area (Å²) in [7, 11) is -3.76. The number of amides is 2. The van der Waals surface area contributed by atoms with Crippen LogP contribution in [0.4, 0.5) is 5.69 Å². The first-order chi connectivity index (χ1) is 19.2. The number of nitrogens with zero attached hydrogens (tertiary/aromatic N) is 2. The van der Waals surface area contributed by atoms with Crippen molar-refractivity contribution >= 4 is 33.7 Å². The van der Waals surface area contributed by atoms with Crippen LogP contribution in [0.2, 0.25) is 0 Å². The maximum absolute atomic E-state index is 12.7. The second-order valence-electron chi connectivity index (χ2n) is 8.84. The molecule has 3 aromatic rings. The van der Waals surface area contributed by atoms with E-state index in [2.05, 4.69) is 15.8 Å². The molecule has 0 saturated heterocycles. The Morgan fingerprint density at radius 3 is 2.20 bits per heavy atom. The van der Waals surface area contributed by atoms with Crippen LogP contribution in [0, 0.1) is 0 Å². The highest BCUT2D eigenvalue weighted by atomic mass is 32.2. The van der Waals surface area contributed by atoms with E-state index in [1.807, 2.05) is 37.3 Å². The van der Waals surface area contributed by atoms with Crippen LogP contribution in [0.3, 0.4) is 0 Å². The molecule has 0 spiro atoms. The van der Waals surface area contributed by atoms with Gasteiger partial charge in [-0.1, -0.05) is 30.3 Å². The SMILES string of the molecule is CCOc1ccc(N([C@H](C)C(=O)N/N=C\c2ccc(OCC(=O)NCCc3ccccc3)cc2)S(C)(=O)=O)cc1. The number of nitrogens with one attached hydrogen (secondary N) is 2. The van der Waals surface area contributed by atoms with Gasteiger partial charge in [0, 0.05) is 6.54 Å². The average molecular weight is 567 g/mol. The summed E-state index contributed by atoms with van der Waals surface area (Å²) >= 11 is 0. The van der Waals surface area contributed by atoms with E-state index in [0.717, 1.165) is 22.5 Å². The van der Waals surface area contributed by atoms with Gasteiger partial charge in [-0.15, -0.1) is 0 Å². The zero-order valence-electron chi connectivity index (χ0n) is 22.7. The van der Waals surface area contributed by atoms with E-state index in [1.54, 1.807) is 48.5 Å². The van der Waals surface area contributed by atoms with E-state index in [1.165, 1.54) is 13.1 Å². The fourth-order valence-corrected chi connectivity index (χ4v) is 4.94. The fraction of sp³-hybridized carbons (Fsp3) is 0.276. The molecule has 3 aromatic carbocycles. The highest BCUT2D eigenvalue weighted by Crippen LogP contribution is 2.24. The smallest absolute Gasteiger partial charge is 0.263 e. The van der Waals surface area contributed by atoms with E-state index in [9.17, 15) is 18.0 Å². The third-order valence-corrected chi connectivity index (χ3v) is 6.95. The summed E-state index contributed by atoms with van der Waals surface area (Å²) in [6.07, 6.45) is 3.20. The van der Waals surface area contributed by atoms with Crippen molar-refractivity contribution in [1.82, 2.24) is 10.7 Å². The molecule has 0 radical (unpaired) electrons. The predicted octanol–water partition coefficient (Wildman–Crippen LogP) is 3.13. The van der Waals surface area contributed by atoms with Crippen LogP contribution >= 0.6 is 0 Å². The predicted molar refractivity (Wildman–Crippen MR) is 155 cm³/mol. The molecule has 0 saturated carbocycles. The zero-order valence-corrected chi connectivity index (χ0v) is 23.6. The fourth-order valence-electron chi connectivity index (χ4n) is 3.77. The van der Waals surface area contributed by atoms with Gasteiger partial charge < -0.3 is 14.8 Å². The summed E-state index contributed by atoms with van der Waals surface area (Å²) in [5.74, 6) is 0.285. The number of hydrogen-bond acceptors (Lipinski definition) is 7. The summed E-state index contributed by atoms with van der Waals surface area (Å²) in [6, 6.07) is 22.1. The average Bonchev–Trinajstić information content (AvgIpc) is 2.93. The van der Waals surface area contributed by atoms with Gasteiger partial charge in [0.1, 0.15) is 17.5 Å². The number of hydrazone groups is 1. The lowest BCUT2D eigenvalue weighted by atomic mass is 10.1. The second kappa shape index (κ2) is 14.7. The van der Waals surface area contributed by atoms with Crippen LogP contribution in [-0.4, -0.2) is 58.5 Å². The summed E-state index contributed by atoms with van der Waals surface area (Å²) in [6.45, 7) is 4.22. The molecular formula is C29H34N4O6S. The highest BCUT2D eigenvalue weighted by molar-refractivity contribution is 7.92. The number of carbonyl (C=O) groups is 2. The topological polar surface area (TPSA) is 126 Å². The molecule has 10 nitrogen and oxygen atoms in total. The Kier molecular flexibility index (Phi) is 11.1. The van der Waals surface area contributed by atoms with Gasteiger partial charge in [-0.3, -0.25) is 13.9 Å². The number of sulfonamides is 1. The van der Waals surface area contributed by atoms with Crippen LogP contribution in [0.5, 0.6) is 11.5 Å². The largest absolute Gasteiger partial charge is 0.494 e. The van der Waals surface area contributed by atoms with Gasteiger partial charge in [0.2, 0.25) is 10.0 Å². The van der Waals surface area contributed by atoms with Gasteiger partial charge in [0.05, 0.1) is 24.8 Å². The minimum atomic E-state index is -3.76. The molecule has 1 atom stereocenters. The van der Waals surface area contributed by atoms with Crippen LogP contribution in [-0.2, 0) is 26.0 Å². The molecule has 0 unspecified atom stereocenters. The van der Waals surface area contributed by atoms with Crippen molar-refractivity contribution in [1.29, 1.82) is 0 Å². The monoisotopic (exact) mass is 566 g/mol. The molecule has 0 aliphatic heterocycles. The molecule has 3 rings (SSSR count). The van der Waals surface area contributed by atoms with E-state index in [-0.39, 0.29) is 12.5 Å². The Morgan fingerprint density at radius 2 is 1.57 bits per heavy atom. The normalized spacial score (nSPS) is 12.0. The zero-order chi connectivity index (χ0) is 29.0. The van der Waals surface area contributed by atoms with Crippen LogP contribution in [0.25, 0.3) is 0 Å². The highest BCUT2D eigenvalue weighted by Gasteiger charge is 2.29. The molecule has 0 aliphatic rings. The van der Waals surface area contributed by atoms with E-state index in [0.29, 0.717) is 35.9 Å². The molecule has 40 heavy (non-hydrogen) atoms. The second-order valence-corrected chi connectivity index (χ2v) is 10.7. The maximum atomic E-state index is 12.7. The molecule has 0 aromatic heterocycles. The quantitative estimate of drug-likeness (QED) is 0.228. The molecule has 0 fully saturated rings. The summed E-state index contributed by atoms with van der Waals surface area (Å²) in [5.41, 5.74) is 4.53. The Labute approximate surface area is 235 Å². The van der Waals surface area contributed by atoms with E-state index in [4.69, 9.17) is 9.47 Å². The number of carbonyl (C=O) groups excluding carboxylic acids is 2. The molecule has 212 valence electrons. The van der Waals surface area contributed by atoms with Crippen LogP contribution in [0.1, 0.15) is 25.0 Å². The van der Waals surface area contributed by atoms with Crippen LogP contribution in [0.15, 0.2) is 84.0 Å². The number of ether oxygens (including phenoxy) is 2. The van der Waals surface area contributed by atoms with E-state index >= 15 is 0 Å². The molecule has 0 bridgehead atoms. The lowest BCUT2D eigenvalue weighted by Crippen LogP contribution is -2.46. The Morgan fingerprint density at radius 1 is 0.950 bits per heavy atom. The molecule has 2 amide bonds. The first-order valence-electron chi connectivity index (χ1n) is 12.8. The minimum Gasteiger partial charge on any atom is -0.494 e. The van der Waals surface area contributed by atoms with Crippen molar-refractivity contribution in [2.75, 3.05) is 30.3 Å². The summed E-state index contributed by atoms with van der Waals surface area (Å²) in [5, 5.41) is 6.77. The first-order valence-corrected chi connectivity index (χ1v) is 14.6. The van der Waals surface area contributed by atoms with Gasteiger partial charge in [-0.25, -0.2) is 13.8 Å². The molecule has 0 aliphatic carbocycles. The Bertz CT molecular complexity index is 1380. The van der Waals surface area contributed by atoms with Gasteiger partial charge >= 0.3 is 0 Å². The minimum absolute atomic E-state index is 0.110. The third kappa shape index (κ3) is 9.42. The molecule has 11 heteroatoms. The summed E-state index contributed by atoms with van der Waals surface area (Å²) in [4.78, 5) is 24.7. The van der Waals surface area contributed by atoms with Crippen molar-refractivity contribution in [3.05, 3.63) is 90.0 Å². The van der Waals surface area contributed by atoms with Crippen LogP contribution < -0.4 is 24.5 Å². The summed E-state index contributed by atoms with van der Waals surface area (Å²) < 4.78 is 36.9. The molecule has 0 heterocycles. The van der Waals surface area contributed by atoms with Crippen molar-refractivity contribution in [3.8, 4) is 11.5 Å². The molecule has 2 N–H and O–H groups in total. The van der Waals surface area contributed by atoms with E-state index < -0.39 is 22.0 Å². The lowest BCUT2D eigenvalue weighted by Gasteiger charge is -2.27. The Hall–Kier alpha value is -4.38. The number of benzene rings is 3. The Balaban J connectivity index is 1.48. The van der Waals surface area contributed by atoms with Gasteiger partial charge in [-0.05, 0) is 79.9 Å². The van der Waals surface area contributed by atoms with Crippen molar-refractivity contribution in [2.45, 2.75) is 26.3 Å². The maximum Gasteiger partial charge on any atom is 0.263 e. The number of hydrogen-bond donors (Lipinski definition) is 2.